The smallest absolute Gasteiger partial charge is 0.0246 e. The van der Waals surface area contributed by atoms with Crippen LogP contribution >= 0.6 is 25.3 Å². The van der Waals surface area contributed by atoms with Crippen molar-refractivity contribution >= 4 is 31.3 Å². The van der Waals surface area contributed by atoms with E-state index in [1.807, 2.05) is 18.2 Å². The van der Waals surface area contributed by atoms with Crippen molar-refractivity contribution in [1.29, 1.82) is 0 Å². The van der Waals surface area contributed by atoms with Gasteiger partial charge in [0, 0.05) is 9.79 Å². The summed E-state index contributed by atoms with van der Waals surface area (Å²) in [7, 11) is 0. The molecule has 0 saturated heterocycles. The minimum Gasteiger partial charge on any atom is -0.142 e. The van der Waals surface area contributed by atoms with E-state index < -0.39 is 0 Å². The van der Waals surface area contributed by atoms with Crippen LogP contribution in [0.25, 0.3) is 6.08 Å². The molecule has 1 aromatic carbocycles. The highest BCUT2D eigenvalue weighted by atomic mass is 32.1. The van der Waals surface area contributed by atoms with Gasteiger partial charge >= 0.3 is 0 Å². The van der Waals surface area contributed by atoms with Crippen molar-refractivity contribution in [3.63, 3.8) is 0 Å². The molecule has 0 spiro atoms. The zero-order valence-corrected chi connectivity index (χ0v) is 7.20. The van der Waals surface area contributed by atoms with Gasteiger partial charge < -0.3 is 0 Å². The maximum absolute atomic E-state index is 4.24. The second-order valence-corrected chi connectivity index (χ2v) is 2.85. The van der Waals surface area contributed by atoms with Crippen LogP contribution in [-0.2, 0) is 0 Å². The molecule has 0 unspecified atom stereocenters. The molecule has 0 saturated carbocycles. The van der Waals surface area contributed by atoms with Crippen molar-refractivity contribution < 1.29 is 0 Å². The largest absolute Gasteiger partial charge is 0.142 e. The molecule has 0 aliphatic rings. The minimum atomic E-state index is 0.890. The van der Waals surface area contributed by atoms with Gasteiger partial charge in [-0.1, -0.05) is 24.8 Å². The molecule has 0 nitrogen and oxygen atoms in total. The van der Waals surface area contributed by atoms with Crippen LogP contribution in [0.3, 0.4) is 0 Å². The van der Waals surface area contributed by atoms with Crippen LogP contribution in [0.4, 0.5) is 0 Å². The Bertz CT molecular complexity index is 253. The van der Waals surface area contributed by atoms with E-state index in [2.05, 4.69) is 31.8 Å². The first-order chi connectivity index (χ1) is 4.75. The molecule has 10 heavy (non-hydrogen) atoms. The van der Waals surface area contributed by atoms with E-state index in [4.69, 9.17) is 0 Å². The summed E-state index contributed by atoms with van der Waals surface area (Å²) in [5.74, 6) is 0. The quantitative estimate of drug-likeness (QED) is 0.592. The monoisotopic (exact) mass is 168 g/mol. The van der Waals surface area contributed by atoms with Crippen LogP contribution < -0.4 is 0 Å². The molecule has 0 heterocycles. The second kappa shape index (κ2) is 3.17. The summed E-state index contributed by atoms with van der Waals surface area (Å²) in [4.78, 5) is 1.78. The molecular weight excluding hydrogens is 160 g/mol. The normalized spacial score (nSPS) is 9.40. The Morgan fingerprint density at radius 1 is 1.30 bits per heavy atom. The van der Waals surface area contributed by atoms with Gasteiger partial charge in [0.15, 0.2) is 0 Å². The van der Waals surface area contributed by atoms with E-state index in [-0.39, 0.29) is 0 Å². The molecule has 1 rings (SSSR count). The van der Waals surface area contributed by atoms with Crippen molar-refractivity contribution in [2.75, 3.05) is 0 Å². The number of benzene rings is 1. The number of thiol groups is 2. The molecule has 0 radical (unpaired) electrons. The molecule has 0 aliphatic carbocycles. The van der Waals surface area contributed by atoms with Gasteiger partial charge in [0.2, 0.25) is 0 Å². The Labute approximate surface area is 71.8 Å². The van der Waals surface area contributed by atoms with E-state index in [0.29, 0.717) is 0 Å². The second-order valence-electron chi connectivity index (χ2n) is 1.92. The Morgan fingerprint density at radius 2 is 2.00 bits per heavy atom. The average molecular weight is 168 g/mol. The molecule has 0 N–H and O–H groups in total. The lowest BCUT2D eigenvalue weighted by atomic mass is 10.2. The minimum absolute atomic E-state index is 0.890. The Morgan fingerprint density at radius 3 is 2.50 bits per heavy atom. The highest BCUT2D eigenvalue weighted by Gasteiger charge is 1.95. The van der Waals surface area contributed by atoms with E-state index in [1.165, 1.54) is 0 Å². The predicted molar refractivity (Wildman–Crippen MR) is 51.0 cm³/mol. The van der Waals surface area contributed by atoms with Crippen LogP contribution in [0.5, 0.6) is 0 Å². The van der Waals surface area contributed by atoms with Gasteiger partial charge in [-0.3, -0.25) is 0 Å². The zero-order valence-electron chi connectivity index (χ0n) is 5.41. The molecular formula is C8H8S2. The summed E-state index contributed by atoms with van der Waals surface area (Å²) in [6, 6.07) is 5.78. The van der Waals surface area contributed by atoms with Crippen LogP contribution in [0.15, 0.2) is 34.6 Å². The molecule has 0 atom stereocenters. The highest BCUT2D eigenvalue weighted by Crippen LogP contribution is 2.22. The third-order valence-corrected chi connectivity index (χ3v) is 2.31. The van der Waals surface area contributed by atoms with Crippen LogP contribution in [0.2, 0.25) is 0 Å². The summed E-state index contributed by atoms with van der Waals surface area (Å²) >= 11 is 8.44. The predicted octanol–water partition coefficient (Wildman–Crippen LogP) is 2.91. The molecule has 1 aromatic rings. The summed E-state index contributed by atoms with van der Waals surface area (Å²) < 4.78 is 0. The first-order valence-electron chi connectivity index (χ1n) is 2.89. The van der Waals surface area contributed by atoms with Crippen molar-refractivity contribution in [2.45, 2.75) is 9.79 Å². The van der Waals surface area contributed by atoms with Crippen molar-refractivity contribution in [3.05, 3.63) is 30.3 Å². The van der Waals surface area contributed by atoms with E-state index in [9.17, 15) is 0 Å². The molecule has 2 heteroatoms. The first-order valence-corrected chi connectivity index (χ1v) is 3.78. The van der Waals surface area contributed by atoms with Crippen LogP contribution in [-0.4, -0.2) is 0 Å². The maximum atomic E-state index is 4.24. The van der Waals surface area contributed by atoms with Gasteiger partial charge in [-0.25, -0.2) is 0 Å². The lowest BCUT2D eigenvalue weighted by molar-refractivity contribution is 1.25. The molecule has 0 amide bonds. The molecule has 0 fully saturated rings. The SMILES string of the molecule is C=Cc1cccc(S)c1S. The van der Waals surface area contributed by atoms with Gasteiger partial charge in [-0.2, -0.15) is 0 Å². The van der Waals surface area contributed by atoms with Gasteiger partial charge in [-0.15, -0.1) is 25.3 Å². The van der Waals surface area contributed by atoms with E-state index in [0.717, 1.165) is 15.4 Å². The van der Waals surface area contributed by atoms with Gasteiger partial charge in [-0.05, 0) is 11.6 Å². The summed E-state index contributed by atoms with van der Waals surface area (Å²) in [5.41, 5.74) is 1.02. The van der Waals surface area contributed by atoms with Crippen molar-refractivity contribution in [1.82, 2.24) is 0 Å². The Kier molecular flexibility index (Phi) is 2.46. The molecule has 0 aromatic heterocycles. The third kappa shape index (κ3) is 1.39. The Balaban J connectivity index is 3.27. The van der Waals surface area contributed by atoms with Crippen molar-refractivity contribution in [2.24, 2.45) is 0 Å². The topological polar surface area (TPSA) is 0 Å². The van der Waals surface area contributed by atoms with Crippen LogP contribution in [0.1, 0.15) is 5.56 Å². The van der Waals surface area contributed by atoms with Crippen molar-refractivity contribution in [3.8, 4) is 0 Å². The number of rotatable bonds is 1. The standard InChI is InChI=1S/C8H8S2/c1-2-6-4-3-5-7(9)8(6)10/h2-5,9-10H,1H2. The summed E-state index contributed by atoms with van der Waals surface area (Å²) in [5, 5.41) is 0. The fourth-order valence-electron chi connectivity index (χ4n) is 0.713. The number of hydrogen-bond donors (Lipinski definition) is 2. The lowest BCUT2D eigenvalue weighted by Crippen LogP contribution is -1.76. The van der Waals surface area contributed by atoms with Gasteiger partial charge in [0.05, 0.1) is 0 Å². The number of hydrogen-bond acceptors (Lipinski definition) is 2. The maximum Gasteiger partial charge on any atom is 0.0246 e. The van der Waals surface area contributed by atoms with E-state index >= 15 is 0 Å². The molecule has 0 bridgehead atoms. The van der Waals surface area contributed by atoms with Crippen LogP contribution in [0, 0.1) is 0 Å². The highest BCUT2D eigenvalue weighted by molar-refractivity contribution is 7.83. The fraction of sp³-hybridized carbons (Fsp3) is 0. The van der Waals surface area contributed by atoms with Gasteiger partial charge in [0.25, 0.3) is 0 Å². The molecule has 52 valence electrons. The first kappa shape index (κ1) is 7.76. The summed E-state index contributed by atoms with van der Waals surface area (Å²) in [6.07, 6.45) is 1.77. The summed E-state index contributed by atoms with van der Waals surface area (Å²) in [6.45, 7) is 3.65. The fourth-order valence-corrected chi connectivity index (χ4v) is 1.17. The molecule has 0 aliphatic heterocycles. The average Bonchev–Trinajstić information content (AvgIpc) is 1.95. The Hall–Kier alpha value is -0.340. The van der Waals surface area contributed by atoms with E-state index in [1.54, 1.807) is 6.08 Å². The lowest BCUT2D eigenvalue weighted by Gasteiger charge is -2.00. The zero-order chi connectivity index (χ0) is 7.56. The van der Waals surface area contributed by atoms with Gasteiger partial charge in [0.1, 0.15) is 0 Å². The third-order valence-electron chi connectivity index (χ3n) is 1.27.